The van der Waals surface area contributed by atoms with Crippen LogP contribution in [0.1, 0.15) is 54.5 Å². The number of rotatable bonds is 4. The second-order valence-electron chi connectivity index (χ2n) is 8.54. The van der Waals surface area contributed by atoms with Gasteiger partial charge in [-0.05, 0) is 56.4 Å². The fourth-order valence-corrected chi connectivity index (χ4v) is 4.06. The van der Waals surface area contributed by atoms with E-state index in [2.05, 4.69) is 72.2 Å². The second kappa shape index (κ2) is 6.93. The lowest BCUT2D eigenvalue weighted by molar-refractivity contribution is 0.252. The molecule has 1 N–H and O–H groups in total. The van der Waals surface area contributed by atoms with Gasteiger partial charge in [-0.2, -0.15) is 5.10 Å². The first-order valence-corrected chi connectivity index (χ1v) is 9.71. The highest BCUT2D eigenvalue weighted by atomic mass is 15.3. The third-order valence-corrected chi connectivity index (χ3v) is 5.43. The molecule has 0 spiro atoms. The van der Waals surface area contributed by atoms with Crippen molar-refractivity contribution in [3.63, 3.8) is 0 Å². The topological polar surface area (TPSA) is 42.7 Å². The van der Waals surface area contributed by atoms with E-state index in [1.165, 1.54) is 16.8 Å². The van der Waals surface area contributed by atoms with Crippen molar-refractivity contribution in [2.45, 2.75) is 53.1 Å². The van der Waals surface area contributed by atoms with Crippen LogP contribution in [0.2, 0.25) is 0 Å². The minimum absolute atomic E-state index is 0.229. The number of aryl methyl sites for hydroxylation is 2. The fraction of sp³-hybridized carbons (Fsp3) is 0.391. The fourth-order valence-electron chi connectivity index (χ4n) is 4.06. The Morgan fingerprint density at radius 1 is 1.11 bits per heavy atom. The van der Waals surface area contributed by atoms with Gasteiger partial charge in [0.05, 0.1) is 17.6 Å². The van der Waals surface area contributed by atoms with Gasteiger partial charge in [-0.25, -0.2) is 4.68 Å². The van der Waals surface area contributed by atoms with Crippen molar-refractivity contribution in [3.8, 4) is 5.69 Å². The molecule has 0 bridgehead atoms. The number of pyridine rings is 1. The number of hydrogen-bond acceptors (Lipinski definition) is 3. The Bertz CT molecular complexity index is 937. The number of nitrogens with one attached hydrogen (secondary N) is 1. The van der Waals surface area contributed by atoms with Crippen LogP contribution in [-0.4, -0.2) is 14.8 Å². The molecule has 2 aromatic heterocycles. The first kappa shape index (κ1) is 17.9. The van der Waals surface area contributed by atoms with Gasteiger partial charge in [0.2, 0.25) is 0 Å². The molecule has 3 aromatic rings. The van der Waals surface area contributed by atoms with E-state index in [0.717, 1.165) is 36.5 Å². The molecule has 0 amide bonds. The van der Waals surface area contributed by atoms with E-state index < -0.39 is 0 Å². The zero-order chi connectivity index (χ0) is 19.0. The predicted molar refractivity (Wildman–Crippen MR) is 109 cm³/mol. The van der Waals surface area contributed by atoms with Gasteiger partial charge >= 0.3 is 0 Å². The Kier molecular flexibility index (Phi) is 4.60. The van der Waals surface area contributed by atoms with E-state index >= 15 is 0 Å². The maximum atomic E-state index is 4.74. The monoisotopic (exact) mass is 360 g/mol. The summed E-state index contributed by atoms with van der Waals surface area (Å²) in [5.74, 6) is 0. The quantitative estimate of drug-likeness (QED) is 0.734. The van der Waals surface area contributed by atoms with Crippen LogP contribution in [0.4, 0.5) is 0 Å². The molecule has 140 valence electrons. The first-order valence-electron chi connectivity index (χ1n) is 9.71. The molecule has 1 aromatic carbocycles. The summed E-state index contributed by atoms with van der Waals surface area (Å²) in [5.41, 5.74) is 7.43. The maximum Gasteiger partial charge on any atom is 0.0649 e. The van der Waals surface area contributed by atoms with Crippen LogP contribution in [0.3, 0.4) is 0 Å². The third-order valence-electron chi connectivity index (χ3n) is 5.43. The largest absolute Gasteiger partial charge is 0.304 e. The normalized spacial score (nSPS) is 18.3. The Morgan fingerprint density at radius 3 is 2.63 bits per heavy atom. The van der Waals surface area contributed by atoms with E-state index in [9.17, 15) is 0 Å². The summed E-state index contributed by atoms with van der Waals surface area (Å²) in [6, 6.07) is 15.1. The Labute approximate surface area is 161 Å². The van der Waals surface area contributed by atoms with Gasteiger partial charge in [0.1, 0.15) is 0 Å². The Hall–Kier alpha value is -2.46. The van der Waals surface area contributed by atoms with Gasteiger partial charge < -0.3 is 5.32 Å². The lowest BCUT2D eigenvalue weighted by Crippen LogP contribution is -2.33. The molecule has 0 aliphatic heterocycles. The zero-order valence-electron chi connectivity index (χ0n) is 16.7. The Morgan fingerprint density at radius 2 is 1.89 bits per heavy atom. The second-order valence-corrected chi connectivity index (χ2v) is 8.54. The average molecular weight is 361 g/mol. The van der Waals surface area contributed by atoms with Crippen molar-refractivity contribution < 1.29 is 0 Å². The molecule has 1 aliphatic carbocycles. The van der Waals surface area contributed by atoms with Gasteiger partial charge in [-0.1, -0.05) is 37.6 Å². The van der Waals surface area contributed by atoms with Crippen molar-refractivity contribution in [3.05, 3.63) is 76.9 Å². The number of fused-ring (bicyclic) bond motifs is 1. The highest BCUT2D eigenvalue weighted by molar-refractivity contribution is 5.39. The molecule has 4 nitrogen and oxygen atoms in total. The molecule has 1 aliphatic rings. The van der Waals surface area contributed by atoms with Crippen LogP contribution in [-0.2, 0) is 13.0 Å². The number of hydrogen-bond donors (Lipinski definition) is 1. The highest BCUT2D eigenvalue weighted by Crippen LogP contribution is 2.41. The van der Waals surface area contributed by atoms with E-state index in [-0.39, 0.29) is 5.41 Å². The van der Waals surface area contributed by atoms with Gasteiger partial charge in [-0.3, -0.25) is 4.98 Å². The minimum atomic E-state index is 0.229. The molecular weight excluding hydrogens is 332 g/mol. The minimum Gasteiger partial charge on any atom is -0.304 e. The molecule has 2 heterocycles. The Balaban J connectivity index is 1.63. The maximum absolute atomic E-state index is 4.74. The summed E-state index contributed by atoms with van der Waals surface area (Å²) in [5, 5.41) is 8.48. The summed E-state index contributed by atoms with van der Waals surface area (Å²) in [7, 11) is 0. The third kappa shape index (κ3) is 3.81. The van der Waals surface area contributed by atoms with Crippen molar-refractivity contribution in [1.82, 2.24) is 20.1 Å². The number of benzene rings is 1. The predicted octanol–water partition coefficient (Wildman–Crippen LogP) is 4.69. The van der Waals surface area contributed by atoms with Crippen LogP contribution in [0.5, 0.6) is 0 Å². The molecular formula is C23H28N4. The van der Waals surface area contributed by atoms with Gasteiger partial charge in [0.25, 0.3) is 0 Å². The molecule has 0 unspecified atom stereocenters. The van der Waals surface area contributed by atoms with Crippen LogP contribution >= 0.6 is 0 Å². The molecule has 0 fully saturated rings. The van der Waals surface area contributed by atoms with Crippen LogP contribution < -0.4 is 5.32 Å². The standard InChI is InChI=1S/C23H28N4/c1-16-8-10-19(11-9-16)27-22-13-23(3,4)12-21(20(22)15-25-27)24-14-18-7-5-6-17(2)26-18/h5-11,15,21,24H,12-14H2,1-4H3/t21-/m1/s1. The van der Waals surface area contributed by atoms with Crippen molar-refractivity contribution in [2.75, 3.05) is 0 Å². The first-order chi connectivity index (χ1) is 12.9. The SMILES string of the molecule is Cc1ccc(-n2ncc3c2CC(C)(C)C[C@H]3NCc2cccc(C)n2)cc1. The van der Waals surface area contributed by atoms with Gasteiger partial charge in [0.15, 0.2) is 0 Å². The van der Waals surface area contributed by atoms with E-state index in [1.54, 1.807) is 0 Å². The zero-order valence-corrected chi connectivity index (χ0v) is 16.7. The average Bonchev–Trinajstić information content (AvgIpc) is 3.03. The van der Waals surface area contributed by atoms with Crippen LogP contribution in [0, 0.1) is 19.3 Å². The molecule has 1 atom stereocenters. The molecule has 0 saturated carbocycles. The smallest absolute Gasteiger partial charge is 0.0649 e. The van der Waals surface area contributed by atoms with E-state index in [4.69, 9.17) is 5.10 Å². The lowest BCUT2D eigenvalue weighted by Gasteiger charge is -2.36. The van der Waals surface area contributed by atoms with E-state index in [0.29, 0.717) is 6.04 Å². The van der Waals surface area contributed by atoms with E-state index in [1.807, 2.05) is 19.2 Å². The molecule has 4 heteroatoms. The molecule has 0 radical (unpaired) electrons. The van der Waals surface area contributed by atoms with Crippen molar-refractivity contribution >= 4 is 0 Å². The summed E-state index contributed by atoms with van der Waals surface area (Å²) in [6.07, 6.45) is 4.19. The summed E-state index contributed by atoms with van der Waals surface area (Å²) < 4.78 is 2.12. The summed E-state index contributed by atoms with van der Waals surface area (Å²) >= 11 is 0. The van der Waals surface area contributed by atoms with Crippen LogP contribution in [0.25, 0.3) is 5.69 Å². The van der Waals surface area contributed by atoms with Crippen molar-refractivity contribution in [2.24, 2.45) is 5.41 Å². The molecule has 0 saturated heterocycles. The van der Waals surface area contributed by atoms with Crippen LogP contribution in [0.15, 0.2) is 48.7 Å². The summed E-state index contributed by atoms with van der Waals surface area (Å²) in [6.45, 7) is 9.63. The molecule has 4 rings (SSSR count). The van der Waals surface area contributed by atoms with Gasteiger partial charge in [0, 0.05) is 29.5 Å². The number of aromatic nitrogens is 3. The molecule has 27 heavy (non-hydrogen) atoms. The van der Waals surface area contributed by atoms with Gasteiger partial charge in [-0.15, -0.1) is 0 Å². The van der Waals surface area contributed by atoms with Crippen molar-refractivity contribution in [1.29, 1.82) is 0 Å². The summed E-state index contributed by atoms with van der Waals surface area (Å²) in [4.78, 5) is 4.63. The highest BCUT2D eigenvalue weighted by Gasteiger charge is 2.35. The number of nitrogens with zero attached hydrogens (tertiary/aromatic N) is 3. The lowest BCUT2D eigenvalue weighted by atomic mass is 9.74.